The first-order valence-electron chi connectivity index (χ1n) is 13.5. The van der Waals surface area contributed by atoms with E-state index in [1.165, 1.54) is 0 Å². The Bertz CT molecular complexity index is 1360. The number of nitrogens with one attached hydrogen (secondary N) is 1. The SMILES string of the molecule is CCC(NC(=O)C(CC(=O)N1CCCCC1)CS(=O)(=O)Cc1ccccc1)C(O)c1nnc(-c2ccncc2)o1. The summed E-state index contributed by atoms with van der Waals surface area (Å²) in [5.74, 6) is -2.63. The second-order valence-electron chi connectivity index (χ2n) is 10.0. The number of piperidine rings is 1. The van der Waals surface area contributed by atoms with Gasteiger partial charge in [0.25, 0.3) is 0 Å². The highest BCUT2D eigenvalue weighted by Gasteiger charge is 2.34. The fourth-order valence-electron chi connectivity index (χ4n) is 4.75. The molecule has 1 aromatic carbocycles. The first-order chi connectivity index (χ1) is 19.3. The Hall–Kier alpha value is -3.64. The molecule has 1 aliphatic rings. The van der Waals surface area contributed by atoms with E-state index in [2.05, 4.69) is 20.5 Å². The number of aliphatic hydroxyl groups excluding tert-OH is 1. The van der Waals surface area contributed by atoms with E-state index in [0.29, 0.717) is 30.6 Å². The van der Waals surface area contributed by atoms with E-state index in [4.69, 9.17) is 4.42 Å². The molecule has 1 saturated heterocycles. The van der Waals surface area contributed by atoms with Crippen LogP contribution >= 0.6 is 0 Å². The van der Waals surface area contributed by atoms with Crippen molar-refractivity contribution in [3.8, 4) is 11.5 Å². The highest BCUT2D eigenvalue weighted by Crippen LogP contribution is 2.24. The largest absolute Gasteiger partial charge is 0.418 e. The predicted molar refractivity (Wildman–Crippen MR) is 147 cm³/mol. The molecular formula is C28H35N5O6S. The normalized spacial score (nSPS) is 16.2. The molecular weight excluding hydrogens is 534 g/mol. The van der Waals surface area contributed by atoms with Gasteiger partial charge in [0, 0.05) is 37.5 Å². The van der Waals surface area contributed by atoms with E-state index >= 15 is 0 Å². The van der Waals surface area contributed by atoms with E-state index in [1.54, 1.807) is 66.7 Å². The van der Waals surface area contributed by atoms with Gasteiger partial charge in [-0.15, -0.1) is 10.2 Å². The number of pyridine rings is 1. The number of likely N-dealkylation sites (tertiary alicyclic amines) is 1. The van der Waals surface area contributed by atoms with Gasteiger partial charge in [0.15, 0.2) is 15.9 Å². The molecule has 0 spiro atoms. The highest BCUT2D eigenvalue weighted by atomic mass is 32.2. The number of carbonyl (C=O) groups is 2. The number of amides is 2. The summed E-state index contributed by atoms with van der Waals surface area (Å²) in [6.45, 7) is 2.95. The van der Waals surface area contributed by atoms with Gasteiger partial charge in [0.05, 0.1) is 23.5 Å². The summed E-state index contributed by atoms with van der Waals surface area (Å²) in [5, 5.41) is 21.6. The van der Waals surface area contributed by atoms with Gasteiger partial charge in [0.2, 0.25) is 23.6 Å². The summed E-state index contributed by atoms with van der Waals surface area (Å²) >= 11 is 0. The molecule has 0 radical (unpaired) electrons. The maximum Gasteiger partial charge on any atom is 0.248 e. The number of aromatic nitrogens is 3. The number of benzene rings is 1. The maximum absolute atomic E-state index is 13.5. The van der Waals surface area contributed by atoms with Crippen molar-refractivity contribution in [1.82, 2.24) is 25.4 Å². The average molecular weight is 570 g/mol. The number of rotatable bonds is 12. The van der Waals surface area contributed by atoms with Gasteiger partial charge in [0.1, 0.15) is 0 Å². The predicted octanol–water partition coefficient (Wildman–Crippen LogP) is 2.69. The number of aliphatic hydroxyl groups is 1. The van der Waals surface area contributed by atoms with Gasteiger partial charge in [-0.2, -0.15) is 0 Å². The van der Waals surface area contributed by atoms with Crippen molar-refractivity contribution in [1.29, 1.82) is 0 Å². The van der Waals surface area contributed by atoms with Gasteiger partial charge in [-0.3, -0.25) is 14.6 Å². The van der Waals surface area contributed by atoms with Crippen molar-refractivity contribution < 1.29 is 27.5 Å². The van der Waals surface area contributed by atoms with Crippen molar-refractivity contribution in [2.75, 3.05) is 18.8 Å². The molecule has 1 aliphatic heterocycles. The molecule has 3 atom stereocenters. The van der Waals surface area contributed by atoms with Crippen LogP contribution in [0.25, 0.3) is 11.5 Å². The molecule has 3 aromatic rings. The summed E-state index contributed by atoms with van der Waals surface area (Å²) in [6.07, 6.45) is 4.66. The minimum atomic E-state index is -3.74. The van der Waals surface area contributed by atoms with Crippen molar-refractivity contribution >= 4 is 21.7 Å². The second kappa shape index (κ2) is 13.6. The molecule has 214 valence electrons. The van der Waals surface area contributed by atoms with Crippen LogP contribution in [0.4, 0.5) is 0 Å². The molecule has 11 nitrogen and oxygen atoms in total. The molecule has 4 rings (SSSR count). The third kappa shape index (κ3) is 7.95. The van der Waals surface area contributed by atoms with Crippen LogP contribution in [0.1, 0.15) is 56.6 Å². The highest BCUT2D eigenvalue weighted by molar-refractivity contribution is 7.90. The van der Waals surface area contributed by atoms with Gasteiger partial charge in [-0.05, 0) is 43.4 Å². The van der Waals surface area contributed by atoms with Crippen LogP contribution in [0.2, 0.25) is 0 Å². The van der Waals surface area contributed by atoms with Crippen LogP contribution in [-0.4, -0.2) is 70.3 Å². The first kappa shape index (κ1) is 29.3. The molecule has 3 heterocycles. The fourth-order valence-corrected chi connectivity index (χ4v) is 6.45. The Balaban J connectivity index is 1.49. The number of nitrogens with zero attached hydrogens (tertiary/aromatic N) is 4. The monoisotopic (exact) mass is 569 g/mol. The Morgan fingerprint density at radius 3 is 2.42 bits per heavy atom. The lowest BCUT2D eigenvalue weighted by molar-refractivity contribution is -0.137. The fraction of sp³-hybridized carbons (Fsp3) is 0.464. The van der Waals surface area contributed by atoms with Crippen LogP contribution < -0.4 is 5.32 Å². The first-order valence-corrected chi connectivity index (χ1v) is 15.3. The summed E-state index contributed by atoms with van der Waals surface area (Å²) in [6, 6.07) is 11.2. The zero-order valence-corrected chi connectivity index (χ0v) is 23.3. The van der Waals surface area contributed by atoms with Crippen molar-refractivity contribution in [3.05, 3.63) is 66.3 Å². The van der Waals surface area contributed by atoms with E-state index in [-0.39, 0.29) is 29.9 Å². The lowest BCUT2D eigenvalue weighted by atomic mass is 10.0. The summed E-state index contributed by atoms with van der Waals surface area (Å²) in [5.41, 5.74) is 1.23. The molecule has 0 saturated carbocycles. The van der Waals surface area contributed by atoms with E-state index in [9.17, 15) is 23.1 Å². The molecule has 12 heteroatoms. The molecule has 2 amide bonds. The Kier molecular flexibility index (Phi) is 9.99. The lowest BCUT2D eigenvalue weighted by Gasteiger charge is -2.29. The van der Waals surface area contributed by atoms with E-state index in [0.717, 1.165) is 19.3 Å². The lowest BCUT2D eigenvalue weighted by Crippen LogP contribution is -2.46. The van der Waals surface area contributed by atoms with Crippen LogP contribution in [0.5, 0.6) is 0 Å². The number of hydrogen-bond donors (Lipinski definition) is 2. The number of carbonyl (C=O) groups excluding carboxylic acids is 2. The quantitative estimate of drug-likeness (QED) is 0.335. The van der Waals surface area contributed by atoms with Crippen molar-refractivity contribution in [3.63, 3.8) is 0 Å². The third-order valence-corrected chi connectivity index (χ3v) is 8.64. The zero-order chi connectivity index (χ0) is 28.5. The molecule has 3 unspecified atom stereocenters. The third-order valence-electron chi connectivity index (χ3n) is 6.95. The van der Waals surface area contributed by atoms with Gasteiger partial charge in [-0.1, -0.05) is 37.3 Å². The average Bonchev–Trinajstić information content (AvgIpc) is 3.47. The van der Waals surface area contributed by atoms with Gasteiger partial charge in [-0.25, -0.2) is 8.42 Å². The van der Waals surface area contributed by atoms with Gasteiger partial charge < -0.3 is 19.7 Å². The second-order valence-corrected chi connectivity index (χ2v) is 12.1. The molecule has 2 N–H and O–H groups in total. The minimum absolute atomic E-state index is 0.0865. The van der Waals surface area contributed by atoms with Crippen LogP contribution in [-0.2, 0) is 25.2 Å². The molecule has 1 fully saturated rings. The van der Waals surface area contributed by atoms with Crippen LogP contribution in [0, 0.1) is 5.92 Å². The van der Waals surface area contributed by atoms with Crippen molar-refractivity contribution in [2.45, 2.75) is 56.9 Å². The molecule has 0 bridgehead atoms. The summed E-state index contributed by atoms with van der Waals surface area (Å²) < 4.78 is 31.9. The smallest absolute Gasteiger partial charge is 0.248 e. The van der Waals surface area contributed by atoms with E-state index < -0.39 is 39.6 Å². The van der Waals surface area contributed by atoms with E-state index in [1.807, 2.05) is 0 Å². The zero-order valence-electron chi connectivity index (χ0n) is 22.5. The topological polar surface area (TPSA) is 156 Å². The van der Waals surface area contributed by atoms with Crippen LogP contribution in [0.3, 0.4) is 0 Å². The Labute approximate surface area is 233 Å². The molecule has 0 aliphatic carbocycles. The number of hydrogen-bond acceptors (Lipinski definition) is 9. The van der Waals surface area contributed by atoms with Gasteiger partial charge >= 0.3 is 0 Å². The summed E-state index contributed by atoms with van der Waals surface area (Å²) in [4.78, 5) is 32.2. The Morgan fingerprint density at radius 2 is 1.75 bits per heavy atom. The summed E-state index contributed by atoms with van der Waals surface area (Å²) in [7, 11) is -3.74. The van der Waals surface area contributed by atoms with Crippen molar-refractivity contribution in [2.24, 2.45) is 5.92 Å². The maximum atomic E-state index is 13.5. The Morgan fingerprint density at radius 1 is 1.05 bits per heavy atom. The minimum Gasteiger partial charge on any atom is -0.418 e. The van der Waals surface area contributed by atoms with Crippen LogP contribution in [0.15, 0.2) is 59.3 Å². The standard InChI is InChI=1S/C28H35N5O6S/c1-2-23(25(35)28-32-31-27(39-28)21-11-13-29-14-12-21)30-26(36)22(17-24(34)33-15-7-4-8-16-33)19-40(37,38)18-20-9-5-3-6-10-20/h3,5-6,9-14,22-23,25,35H,2,4,7-8,15-19H2,1H3,(H,30,36). The molecule has 40 heavy (non-hydrogen) atoms. The molecule has 2 aromatic heterocycles. The number of sulfone groups is 1.